The van der Waals surface area contributed by atoms with Gasteiger partial charge in [0.05, 0.1) is 6.61 Å². The number of carbonyl (C=O) groups is 1. The molecule has 9 heteroatoms. The molecule has 2 aromatic carbocycles. The third-order valence-corrected chi connectivity index (χ3v) is 5.95. The molecule has 0 bridgehead atoms. The van der Waals surface area contributed by atoms with Crippen LogP contribution in [0.1, 0.15) is 44.7 Å². The monoisotopic (exact) mass is 465 g/mol. The van der Waals surface area contributed by atoms with Crippen molar-refractivity contribution < 1.29 is 19.0 Å². The van der Waals surface area contributed by atoms with Crippen molar-refractivity contribution in [3.05, 3.63) is 53.6 Å². The maximum Gasteiger partial charge on any atom is 0.410 e. The summed E-state index contributed by atoms with van der Waals surface area (Å²) in [5, 5.41) is 6.52. The van der Waals surface area contributed by atoms with Crippen molar-refractivity contribution >= 4 is 11.9 Å². The van der Waals surface area contributed by atoms with E-state index >= 15 is 0 Å². The number of nitrogens with one attached hydrogen (secondary N) is 1. The summed E-state index contributed by atoms with van der Waals surface area (Å²) in [5.41, 5.74) is 15.9. The van der Waals surface area contributed by atoms with Crippen LogP contribution in [0.4, 0.5) is 4.79 Å². The van der Waals surface area contributed by atoms with Gasteiger partial charge in [0.1, 0.15) is 11.4 Å². The Hall–Kier alpha value is -3.46. The zero-order chi connectivity index (χ0) is 24.3. The molecule has 1 saturated heterocycles. The summed E-state index contributed by atoms with van der Waals surface area (Å²) in [4.78, 5) is 14.1. The van der Waals surface area contributed by atoms with Gasteiger partial charge < -0.3 is 24.8 Å². The second-order valence-corrected chi connectivity index (χ2v) is 9.59. The molecule has 2 aromatic rings. The molecule has 1 fully saturated rings. The Kier molecular flexibility index (Phi) is 6.83. The highest BCUT2D eigenvalue weighted by Crippen LogP contribution is 2.35. The van der Waals surface area contributed by atoms with Gasteiger partial charge in [0.2, 0.25) is 6.29 Å². The number of hydrogen-bond donors (Lipinski definition) is 2. The van der Waals surface area contributed by atoms with E-state index in [0.29, 0.717) is 25.3 Å². The van der Waals surface area contributed by atoms with Gasteiger partial charge in [-0.05, 0) is 56.9 Å². The molecule has 34 heavy (non-hydrogen) atoms. The Bertz CT molecular complexity index is 1070. The predicted molar refractivity (Wildman–Crippen MR) is 127 cm³/mol. The predicted octanol–water partition coefficient (Wildman–Crippen LogP) is 4.89. The Morgan fingerprint density at radius 3 is 2.44 bits per heavy atom. The molecule has 180 valence electrons. The minimum Gasteiger partial charge on any atom is -0.464 e. The number of fused-ring (bicyclic) bond motifs is 1. The van der Waals surface area contributed by atoms with Gasteiger partial charge in [0, 0.05) is 30.1 Å². The maximum absolute atomic E-state index is 12.3. The average Bonchev–Trinajstić information content (AvgIpc) is 2.83. The highest BCUT2D eigenvalue weighted by atomic mass is 16.7. The fraction of sp³-hybridized carbons (Fsp3) is 0.440. The Morgan fingerprint density at radius 1 is 1.12 bits per heavy atom. The molecule has 0 aliphatic carbocycles. The van der Waals surface area contributed by atoms with Crippen LogP contribution >= 0.6 is 0 Å². The molecule has 2 aliphatic heterocycles. The summed E-state index contributed by atoms with van der Waals surface area (Å²) in [5.74, 6) is 1.26. The Balaban J connectivity index is 1.37. The molecule has 2 aliphatic rings. The smallest absolute Gasteiger partial charge is 0.410 e. The first-order chi connectivity index (χ1) is 16.2. The van der Waals surface area contributed by atoms with E-state index in [4.69, 9.17) is 25.5 Å². The minimum absolute atomic E-state index is 0.205. The summed E-state index contributed by atoms with van der Waals surface area (Å²) in [6, 6.07) is 13.7. The number of hydrogen-bond acceptors (Lipinski definition) is 6. The van der Waals surface area contributed by atoms with E-state index in [-0.39, 0.29) is 24.1 Å². The largest absolute Gasteiger partial charge is 0.464 e. The zero-order valence-corrected chi connectivity index (χ0v) is 19.8. The van der Waals surface area contributed by atoms with Gasteiger partial charge in [0.25, 0.3) is 0 Å². The normalized spacial score (nSPS) is 19.2. The van der Waals surface area contributed by atoms with E-state index in [1.54, 1.807) is 4.90 Å². The van der Waals surface area contributed by atoms with Crippen molar-refractivity contribution in [2.75, 3.05) is 13.1 Å². The molecule has 3 N–H and O–H groups in total. The molecule has 9 nitrogen and oxygen atoms in total. The number of benzene rings is 2. The second kappa shape index (κ2) is 9.80. The van der Waals surface area contributed by atoms with Crippen LogP contribution in [0.3, 0.4) is 0 Å². The number of rotatable bonds is 4. The van der Waals surface area contributed by atoms with Gasteiger partial charge in [-0.1, -0.05) is 35.6 Å². The third-order valence-electron chi connectivity index (χ3n) is 5.95. The number of ether oxygens (including phenoxy) is 3. The number of amides is 1. The lowest BCUT2D eigenvalue weighted by molar-refractivity contribution is -0.149. The SMILES string of the molecule is CC(C)(C)OC(=O)N1CCC(C2OCc3cc(-c4ccc(C(N)=NN=N)cc4)ccc3O2)CC1. The van der Waals surface area contributed by atoms with Crippen LogP contribution in [-0.4, -0.2) is 41.8 Å². The number of piperidine rings is 1. The first kappa shape index (κ1) is 23.7. The first-order valence-electron chi connectivity index (χ1n) is 11.4. The fourth-order valence-electron chi connectivity index (χ4n) is 4.18. The van der Waals surface area contributed by atoms with E-state index in [1.807, 2.05) is 57.2 Å². The van der Waals surface area contributed by atoms with Crippen molar-refractivity contribution in [1.29, 1.82) is 5.53 Å². The van der Waals surface area contributed by atoms with Crippen LogP contribution in [0.5, 0.6) is 5.75 Å². The molecule has 0 saturated carbocycles. The zero-order valence-electron chi connectivity index (χ0n) is 19.8. The van der Waals surface area contributed by atoms with E-state index in [2.05, 4.69) is 16.4 Å². The van der Waals surface area contributed by atoms with Gasteiger partial charge in [-0.2, -0.15) is 5.53 Å². The Labute approximate surface area is 199 Å². The summed E-state index contributed by atoms with van der Waals surface area (Å²) in [7, 11) is 0. The molecule has 0 aromatic heterocycles. The third kappa shape index (κ3) is 5.53. The molecule has 2 heterocycles. The summed E-state index contributed by atoms with van der Waals surface area (Å²) < 4.78 is 17.8. The van der Waals surface area contributed by atoms with E-state index < -0.39 is 5.60 Å². The van der Waals surface area contributed by atoms with Crippen molar-refractivity contribution in [3.63, 3.8) is 0 Å². The van der Waals surface area contributed by atoms with Crippen molar-refractivity contribution in [1.82, 2.24) is 4.90 Å². The second-order valence-electron chi connectivity index (χ2n) is 9.59. The van der Waals surface area contributed by atoms with Crippen LogP contribution in [0, 0.1) is 11.4 Å². The molecule has 4 rings (SSSR count). The molecular formula is C25H31N5O4. The first-order valence-corrected chi connectivity index (χ1v) is 11.4. The highest BCUT2D eigenvalue weighted by molar-refractivity contribution is 5.97. The van der Waals surface area contributed by atoms with E-state index in [0.717, 1.165) is 35.3 Å². The summed E-state index contributed by atoms with van der Waals surface area (Å²) in [6.45, 7) is 7.37. The Morgan fingerprint density at radius 2 is 1.79 bits per heavy atom. The molecule has 0 spiro atoms. The highest BCUT2D eigenvalue weighted by Gasteiger charge is 2.34. The van der Waals surface area contributed by atoms with Crippen molar-refractivity contribution in [3.8, 4) is 16.9 Å². The van der Waals surface area contributed by atoms with Gasteiger partial charge in [0.15, 0.2) is 5.84 Å². The lowest BCUT2D eigenvalue weighted by Gasteiger charge is -2.38. The quantitative estimate of drug-likeness (QED) is 0.288. The van der Waals surface area contributed by atoms with E-state index in [1.165, 1.54) is 0 Å². The van der Waals surface area contributed by atoms with Gasteiger partial charge in [-0.3, -0.25) is 0 Å². The fourth-order valence-corrected chi connectivity index (χ4v) is 4.18. The number of nitrogens with two attached hydrogens (primary N) is 1. The summed E-state index contributed by atoms with van der Waals surface area (Å²) >= 11 is 0. The van der Waals surface area contributed by atoms with Gasteiger partial charge >= 0.3 is 6.09 Å². The number of carbonyl (C=O) groups excluding carboxylic acids is 1. The summed E-state index contributed by atoms with van der Waals surface area (Å²) in [6.07, 6.45) is 1.04. The van der Waals surface area contributed by atoms with Crippen LogP contribution in [-0.2, 0) is 16.1 Å². The van der Waals surface area contributed by atoms with Crippen LogP contribution in [0.15, 0.2) is 52.8 Å². The van der Waals surface area contributed by atoms with Gasteiger partial charge in [-0.25, -0.2) is 4.79 Å². The molecule has 1 amide bonds. The maximum atomic E-state index is 12.3. The topological polar surface area (TPSA) is 123 Å². The van der Waals surface area contributed by atoms with Gasteiger partial charge in [-0.15, -0.1) is 5.10 Å². The average molecular weight is 466 g/mol. The standard InChI is InChI=1S/C25H31N5O4/c1-25(2,3)34-24(31)30-12-10-18(11-13-30)23-32-15-20-14-19(8-9-21(20)33-23)16-4-6-17(7-5-16)22(26)28-29-27/h4-9,14,18,23H,10-13,15H2,1-3H3,(H3,26,27,28). The van der Waals surface area contributed by atoms with Crippen LogP contribution < -0.4 is 10.5 Å². The number of nitrogens with zero attached hydrogens (tertiary/aromatic N) is 3. The molecule has 1 unspecified atom stereocenters. The van der Waals surface area contributed by atoms with Crippen molar-refractivity contribution in [2.24, 2.45) is 22.0 Å². The minimum atomic E-state index is -0.492. The lowest BCUT2D eigenvalue weighted by atomic mass is 9.95. The molecule has 0 radical (unpaired) electrons. The lowest BCUT2D eigenvalue weighted by Crippen LogP contribution is -2.45. The number of amidine groups is 1. The molecular weight excluding hydrogens is 434 g/mol. The van der Waals surface area contributed by atoms with Crippen LogP contribution in [0.2, 0.25) is 0 Å². The molecule has 1 atom stereocenters. The van der Waals surface area contributed by atoms with Crippen molar-refractivity contribution in [2.45, 2.75) is 52.1 Å². The van der Waals surface area contributed by atoms with E-state index in [9.17, 15) is 4.79 Å². The van der Waals surface area contributed by atoms with Crippen LogP contribution in [0.25, 0.3) is 11.1 Å². The number of likely N-dealkylation sites (tertiary alicyclic amines) is 1.